The molecule has 0 radical (unpaired) electrons. The zero-order valence-corrected chi connectivity index (χ0v) is 11.0. The third-order valence-corrected chi connectivity index (χ3v) is 2.53. The average molecular weight is 266 g/mol. The second kappa shape index (κ2) is 6.14. The number of amides is 1. The molecule has 0 aromatic heterocycles. The van der Waals surface area contributed by atoms with Gasteiger partial charge in [-0.05, 0) is 19.9 Å². The first-order chi connectivity index (χ1) is 8.85. The summed E-state index contributed by atoms with van der Waals surface area (Å²) in [7, 11) is 0. The molecule has 19 heavy (non-hydrogen) atoms. The first-order valence-electron chi connectivity index (χ1n) is 5.84. The Bertz CT molecular complexity index is 474. The SMILES string of the molecule is CC(C)(CN)NC(=O)CNc1ccccc1[N+](=O)[O-]. The van der Waals surface area contributed by atoms with E-state index < -0.39 is 10.5 Å². The van der Waals surface area contributed by atoms with Gasteiger partial charge in [-0.2, -0.15) is 0 Å². The van der Waals surface area contributed by atoms with Crippen LogP contribution in [0, 0.1) is 10.1 Å². The van der Waals surface area contributed by atoms with E-state index in [1.165, 1.54) is 6.07 Å². The van der Waals surface area contributed by atoms with Crippen LogP contribution in [0.4, 0.5) is 11.4 Å². The number of anilines is 1. The van der Waals surface area contributed by atoms with Gasteiger partial charge in [-0.25, -0.2) is 0 Å². The maximum atomic E-state index is 11.7. The van der Waals surface area contributed by atoms with E-state index >= 15 is 0 Å². The molecule has 1 aromatic carbocycles. The molecule has 0 aliphatic rings. The lowest BCUT2D eigenvalue weighted by Crippen LogP contribution is -2.50. The lowest BCUT2D eigenvalue weighted by atomic mass is 10.1. The van der Waals surface area contributed by atoms with Gasteiger partial charge in [-0.1, -0.05) is 12.1 Å². The first-order valence-corrected chi connectivity index (χ1v) is 5.84. The summed E-state index contributed by atoms with van der Waals surface area (Å²) in [6.45, 7) is 3.87. The van der Waals surface area contributed by atoms with Crippen molar-refractivity contribution in [2.45, 2.75) is 19.4 Å². The van der Waals surface area contributed by atoms with Gasteiger partial charge < -0.3 is 16.4 Å². The molecule has 1 aromatic rings. The fourth-order valence-corrected chi connectivity index (χ4v) is 1.43. The van der Waals surface area contributed by atoms with Crippen molar-refractivity contribution in [2.75, 3.05) is 18.4 Å². The summed E-state index contributed by atoms with van der Waals surface area (Å²) in [5, 5.41) is 16.3. The monoisotopic (exact) mass is 266 g/mol. The van der Waals surface area contributed by atoms with Gasteiger partial charge in [0.1, 0.15) is 5.69 Å². The van der Waals surface area contributed by atoms with E-state index in [0.29, 0.717) is 12.2 Å². The van der Waals surface area contributed by atoms with Crippen molar-refractivity contribution in [3.63, 3.8) is 0 Å². The van der Waals surface area contributed by atoms with Gasteiger partial charge >= 0.3 is 0 Å². The van der Waals surface area contributed by atoms with Crippen molar-refractivity contribution < 1.29 is 9.72 Å². The number of nitrogens with zero attached hydrogens (tertiary/aromatic N) is 1. The molecule has 0 saturated carbocycles. The Hall–Kier alpha value is -2.15. The number of rotatable bonds is 6. The van der Waals surface area contributed by atoms with Gasteiger partial charge in [-0.15, -0.1) is 0 Å². The van der Waals surface area contributed by atoms with Crippen LogP contribution in [0.5, 0.6) is 0 Å². The molecular weight excluding hydrogens is 248 g/mol. The summed E-state index contributed by atoms with van der Waals surface area (Å²) in [6.07, 6.45) is 0. The van der Waals surface area contributed by atoms with Crippen LogP contribution in [0.2, 0.25) is 0 Å². The number of benzene rings is 1. The van der Waals surface area contributed by atoms with Crippen LogP contribution in [0.15, 0.2) is 24.3 Å². The van der Waals surface area contributed by atoms with E-state index in [4.69, 9.17) is 5.73 Å². The van der Waals surface area contributed by atoms with Crippen LogP contribution in [-0.2, 0) is 4.79 Å². The number of hydrogen-bond donors (Lipinski definition) is 3. The predicted molar refractivity (Wildman–Crippen MR) is 72.9 cm³/mol. The summed E-state index contributed by atoms with van der Waals surface area (Å²) >= 11 is 0. The predicted octanol–water partition coefficient (Wildman–Crippen LogP) is 0.860. The van der Waals surface area contributed by atoms with Crippen molar-refractivity contribution in [2.24, 2.45) is 5.73 Å². The summed E-state index contributed by atoms with van der Waals surface area (Å²) in [4.78, 5) is 22.0. The highest BCUT2D eigenvalue weighted by molar-refractivity contribution is 5.82. The van der Waals surface area contributed by atoms with Crippen LogP contribution in [0.3, 0.4) is 0 Å². The summed E-state index contributed by atoms with van der Waals surface area (Å²) in [6, 6.07) is 6.17. The maximum Gasteiger partial charge on any atom is 0.292 e. The molecule has 0 saturated heterocycles. The Morgan fingerprint density at radius 2 is 2.05 bits per heavy atom. The van der Waals surface area contributed by atoms with Crippen molar-refractivity contribution >= 4 is 17.3 Å². The van der Waals surface area contributed by atoms with Crippen molar-refractivity contribution in [1.29, 1.82) is 0 Å². The molecule has 104 valence electrons. The highest BCUT2D eigenvalue weighted by Gasteiger charge is 2.19. The summed E-state index contributed by atoms with van der Waals surface area (Å²) in [5.41, 5.74) is 5.25. The van der Waals surface area contributed by atoms with Crippen LogP contribution >= 0.6 is 0 Å². The quantitative estimate of drug-likeness (QED) is 0.522. The minimum Gasteiger partial charge on any atom is -0.371 e. The molecular formula is C12H18N4O3. The fourth-order valence-electron chi connectivity index (χ4n) is 1.43. The van der Waals surface area contributed by atoms with E-state index in [2.05, 4.69) is 10.6 Å². The Labute approximate surface area is 111 Å². The minimum absolute atomic E-state index is 0.0473. The van der Waals surface area contributed by atoms with Crippen molar-refractivity contribution in [3.05, 3.63) is 34.4 Å². The Morgan fingerprint density at radius 1 is 1.42 bits per heavy atom. The lowest BCUT2D eigenvalue weighted by Gasteiger charge is -2.24. The number of carbonyl (C=O) groups excluding carboxylic acids is 1. The number of hydrogen-bond acceptors (Lipinski definition) is 5. The standard InChI is InChI=1S/C12H18N4O3/c1-12(2,8-13)15-11(17)7-14-9-5-3-4-6-10(9)16(18)19/h3-6,14H,7-8,13H2,1-2H3,(H,15,17). The highest BCUT2D eigenvalue weighted by Crippen LogP contribution is 2.22. The smallest absolute Gasteiger partial charge is 0.292 e. The molecule has 0 bridgehead atoms. The topological polar surface area (TPSA) is 110 Å². The molecule has 0 aliphatic carbocycles. The van der Waals surface area contributed by atoms with Gasteiger partial charge in [0.2, 0.25) is 5.91 Å². The minimum atomic E-state index is -0.499. The molecule has 0 spiro atoms. The van der Waals surface area contributed by atoms with E-state index in [9.17, 15) is 14.9 Å². The van der Waals surface area contributed by atoms with Gasteiger partial charge in [-0.3, -0.25) is 14.9 Å². The second-order valence-corrected chi connectivity index (χ2v) is 4.76. The van der Waals surface area contributed by atoms with E-state index in [-0.39, 0.29) is 18.1 Å². The molecule has 0 unspecified atom stereocenters. The van der Waals surface area contributed by atoms with Gasteiger partial charge in [0.15, 0.2) is 0 Å². The molecule has 7 heteroatoms. The Balaban J connectivity index is 2.63. The Kier molecular flexibility index (Phi) is 4.82. The largest absolute Gasteiger partial charge is 0.371 e. The number of nitro benzene ring substituents is 1. The molecule has 1 amide bonds. The number of nitrogens with two attached hydrogens (primary N) is 1. The van der Waals surface area contributed by atoms with Gasteiger partial charge in [0, 0.05) is 18.2 Å². The highest BCUT2D eigenvalue weighted by atomic mass is 16.6. The van der Waals surface area contributed by atoms with E-state index in [1.54, 1.807) is 32.0 Å². The van der Waals surface area contributed by atoms with Crippen LogP contribution < -0.4 is 16.4 Å². The van der Waals surface area contributed by atoms with E-state index in [1.807, 2.05) is 0 Å². The third kappa shape index (κ3) is 4.55. The van der Waals surface area contributed by atoms with Crippen LogP contribution in [0.25, 0.3) is 0 Å². The Morgan fingerprint density at radius 3 is 2.63 bits per heavy atom. The third-order valence-electron chi connectivity index (χ3n) is 2.53. The van der Waals surface area contributed by atoms with Crippen molar-refractivity contribution in [3.8, 4) is 0 Å². The number of nitro groups is 1. The lowest BCUT2D eigenvalue weighted by molar-refractivity contribution is -0.383. The molecule has 0 fully saturated rings. The van der Waals surface area contributed by atoms with Crippen LogP contribution in [-0.4, -0.2) is 29.5 Å². The van der Waals surface area contributed by atoms with Crippen LogP contribution in [0.1, 0.15) is 13.8 Å². The zero-order chi connectivity index (χ0) is 14.5. The number of nitrogens with one attached hydrogen (secondary N) is 2. The summed E-state index contributed by atoms with van der Waals surface area (Å²) < 4.78 is 0. The number of carbonyl (C=O) groups is 1. The molecule has 0 aliphatic heterocycles. The summed E-state index contributed by atoms with van der Waals surface area (Å²) in [5.74, 6) is -0.270. The average Bonchev–Trinajstić information content (AvgIpc) is 2.36. The zero-order valence-electron chi connectivity index (χ0n) is 11.0. The molecule has 0 atom stereocenters. The number of para-hydroxylation sites is 2. The molecule has 1 rings (SSSR count). The van der Waals surface area contributed by atoms with Gasteiger partial charge in [0.25, 0.3) is 5.69 Å². The molecule has 4 N–H and O–H groups in total. The molecule has 0 heterocycles. The van der Waals surface area contributed by atoms with E-state index in [0.717, 1.165) is 0 Å². The normalized spacial score (nSPS) is 10.9. The first kappa shape index (κ1) is 14.9. The molecule has 7 nitrogen and oxygen atoms in total. The fraction of sp³-hybridized carbons (Fsp3) is 0.417. The van der Waals surface area contributed by atoms with Gasteiger partial charge in [0.05, 0.1) is 11.5 Å². The second-order valence-electron chi connectivity index (χ2n) is 4.76. The van der Waals surface area contributed by atoms with Crippen molar-refractivity contribution in [1.82, 2.24) is 5.32 Å². The maximum absolute atomic E-state index is 11.7.